The summed E-state index contributed by atoms with van der Waals surface area (Å²) in [6.07, 6.45) is 7.50. The molecule has 3 nitrogen and oxygen atoms in total. The molecule has 80 valence electrons. The highest BCUT2D eigenvalue weighted by Crippen LogP contribution is 2.27. The van der Waals surface area contributed by atoms with Gasteiger partial charge < -0.3 is 0 Å². The maximum atomic E-state index is 11.4. The van der Waals surface area contributed by atoms with Crippen molar-refractivity contribution in [3.8, 4) is 12.1 Å². The molecule has 1 saturated carbocycles. The van der Waals surface area contributed by atoms with Gasteiger partial charge in [0.1, 0.15) is 0 Å². The van der Waals surface area contributed by atoms with Crippen LogP contribution in [0.2, 0.25) is 0 Å². The van der Waals surface area contributed by atoms with E-state index in [0.717, 1.165) is 6.42 Å². The van der Waals surface area contributed by atoms with Gasteiger partial charge in [0.15, 0.2) is 11.7 Å². The summed E-state index contributed by atoms with van der Waals surface area (Å²) in [5.74, 6) is -0.611. The van der Waals surface area contributed by atoms with Gasteiger partial charge in [-0.1, -0.05) is 32.1 Å². The fourth-order valence-corrected chi connectivity index (χ4v) is 2.14. The van der Waals surface area contributed by atoms with Gasteiger partial charge in [0.25, 0.3) is 0 Å². The number of hydrogen-bond acceptors (Lipinski definition) is 3. The lowest BCUT2D eigenvalue weighted by molar-refractivity contribution is -0.120. The number of rotatable bonds is 4. The third kappa shape index (κ3) is 3.72. The molecule has 1 rings (SSSR count). The van der Waals surface area contributed by atoms with Crippen molar-refractivity contribution >= 4 is 5.78 Å². The van der Waals surface area contributed by atoms with Crippen molar-refractivity contribution in [2.75, 3.05) is 0 Å². The summed E-state index contributed by atoms with van der Waals surface area (Å²) in [7, 11) is 0. The van der Waals surface area contributed by atoms with Crippen molar-refractivity contribution in [2.24, 2.45) is 11.8 Å². The average molecular weight is 204 g/mol. The van der Waals surface area contributed by atoms with Gasteiger partial charge in [-0.15, -0.1) is 0 Å². The largest absolute Gasteiger partial charge is 0.297 e. The minimum absolute atomic E-state index is 0.203. The second-order valence-corrected chi connectivity index (χ2v) is 4.20. The van der Waals surface area contributed by atoms with E-state index in [4.69, 9.17) is 10.5 Å². The number of Topliss-reactive ketones (excluding diaryl/α,β-unsaturated/α-hetero) is 1. The number of carbonyl (C=O) groups excluding carboxylic acids is 1. The van der Waals surface area contributed by atoms with E-state index in [0.29, 0.717) is 12.3 Å². The number of nitrogens with zero attached hydrogens (tertiary/aromatic N) is 2. The fourth-order valence-electron chi connectivity index (χ4n) is 2.14. The van der Waals surface area contributed by atoms with E-state index in [9.17, 15) is 4.79 Å². The molecule has 0 amide bonds. The van der Waals surface area contributed by atoms with Crippen molar-refractivity contribution < 1.29 is 4.79 Å². The SMILES string of the molecule is N#CC(C#N)C(=O)CCC1CCCCC1. The Hall–Kier alpha value is -1.35. The Morgan fingerprint density at radius 1 is 1.20 bits per heavy atom. The van der Waals surface area contributed by atoms with Crippen LogP contribution in [0.25, 0.3) is 0 Å². The second kappa shape index (κ2) is 6.19. The third-order valence-corrected chi connectivity index (χ3v) is 3.10. The lowest BCUT2D eigenvalue weighted by Crippen LogP contribution is -2.14. The standard InChI is InChI=1S/C12H16N2O/c13-8-11(9-14)12(15)7-6-10-4-2-1-3-5-10/h10-11H,1-7H2. The molecule has 3 heteroatoms. The fraction of sp³-hybridized carbons (Fsp3) is 0.750. The van der Waals surface area contributed by atoms with Crippen LogP contribution < -0.4 is 0 Å². The number of ketones is 1. The smallest absolute Gasteiger partial charge is 0.191 e. The van der Waals surface area contributed by atoms with Crippen LogP contribution in [-0.4, -0.2) is 5.78 Å². The minimum Gasteiger partial charge on any atom is -0.297 e. The van der Waals surface area contributed by atoms with Crippen LogP contribution in [0, 0.1) is 34.5 Å². The summed E-state index contributed by atoms with van der Waals surface area (Å²) in [6, 6.07) is 3.46. The van der Waals surface area contributed by atoms with E-state index in [2.05, 4.69) is 0 Å². The highest BCUT2D eigenvalue weighted by Gasteiger charge is 2.19. The van der Waals surface area contributed by atoms with Gasteiger partial charge >= 0.3 is 0 Å². The molecule has 0 aliphatic heterocycles. The van der Waals surface area contributed by atoms with Crippen molar-refractivity contribution in [2.45, 2.75) is 44.9 Å². The number of carbonyl (C=O) groups is 1. The highest BCUT2D eigenvalue weighted by molar-refractivity contribution is 5.85. The molecular formula is C12H16N2O. The zero-order valence-electron chi connectivity index (χ0n) is 8.91. The lowest BCUT2D eigenvalue weighted by atomic mass is 9.85. The average Bonchev–Trinajstić information content (AvgIpc) is 2.29. The summed E-state index contributed by atoms with van der Waals surface area (Å²) in [5, 5.41) is 17.1. The van der Waals surface area contributed by atoms with Crippen molar-refractivity contribution in [1.82, 2.24) is 0 Å². The first-order valence-corrected chi connectivity index (χ1v) is 5.60. The van der Waals surface area contributed by atoms with E-state index in [-0.39, 0.29) is 5.78 Å². The molecule has 0 unspecified atom stereocenters. The molecule has 0 spiro atoms. The van der Waals surface area contributed by atoms with Crippen molar-refractivity contribution in [3.05, 3.63) is 0 Å². The zero-order valence-corrected chi connectivity index (χ0v) is 8.91. The van der Waals surface area contributed by atoms with Crippen LogP contribution in [0.15, 0.2) is 0 Å². The van der Waals surface area contributed by atoms with Crippen LogP contribution in [-0.2, 0) is 4.79 Å². The monoisotopic (exact) mass is 204 g/mol. The quantitative estimate of drug-likeness (QED) is 0.706. The maximum Gasteiger partial charge on any atom is 0.191 e. The Balaban J connectivity index is 2.27. The molecule has 1 aliphatic carbocycles. The van der Waals surface area contributed by atoms with Gasteiger partial charge in [-0.3, -0.25) is 4.79 Å². The summed E-state index contributed by atoms with van der Waals surface area (Å²) >= 11 is 0. The molecule has 0 N–H and O–H groups in total. The molecule has 0 bridgehead atoms. The Morgan fingerprint density at radius 2 is 1.80 bits per heavy atom. The molecule has 0 aromatic carbocycles. The van der Waals surface area contributed by atoms with E-state index in [1.165, 1.54) is 32.1 Å². The van der Waals surface area contributed by atoms with Crippen LogP contribution in [0.3, 0.4) is 0 Å². The molecular weight excluding hydrogens is 188 g/mol. The third-order valence-electron chi connectivity index (χ3n) is 3.10. The van der Waals surface area contributed by atoms with Crippen LogP contribution in [0.4, 0.5) is 0 Å². The van der Waals surface area contributed by atoms with Gasteiger partial charge in [-0.25, -0.2) is 0 Å². The first kappa shape index (κ1) is 11.7. The Morgan fingerprint density at radius 3 is 2.33 bits per heavy atom. The molecule has 15 heavy (non-hydrogen) atoms. The predicted molar refractivity (Wildman–Crippen MR) is 55.5 cm³/mol. The molecule has 1 aliphatic rings. The van der Waals surface area contributed by atoms with Crippen LogP contribution in [0.5, 0.6) is 0 Å². The van der Waals surface area contributed by atoms with Crippen molar-refractivity contribution in [3.63, 3.8) is 0 Å². The summed E-state index contributed by atoms with van der Waals surface area (Å²) in [6.45, 7) is 0. The first-order chi connectivity index (χ1) is 7.27. The molecule has 0 heterocycles. The van der Waals surface area contributed by atoms with E-state index in [1.54, 1.807) is 12.1 Å². The van der Waals surface area contributed by atoms with E-state index >= 15 is 0 Å². The Labute approximate surface area is 90.7 Å². The number of nitriles is 2. The molecule has 0 aromatic heterocycles. The first-order valence-electron chi connectivity index (χ1n) is 5.60. The minimum atomic E-state index is -1.05. The Bertz CT molecular complexity index is 278. The van der Waals surface area contributed by atoms with Gasteiger partial charge in [0.05, 0.1) is 12.1 Å². The van der Waals surface area contributed by atoms with Gasteiger partial charge in [0, 0.05) is 6.42 Å². The Kier molecular flexibility index (Phi) is 4.84. The topological polar surface area (TPSA) is 64.7 Å². The summed E-state index contributed by atoms with van der Waals surface area (Å²) in [5.41, 5.74) is 0. The molecule has 1 fully saturated rings. The van der Waals surface area contributed by atoms with Gasteiger partial charge in [0.2, 0.25) is 0 Å². The second-order valence-electron chi connectivity index (χ2n) is 4.20. The molecule has 0 radical (unpaired) electrons. The van der Waals surface area contributed by atoms with Crippen LogP contribution in [0.1, 0.15) is 44.9 Å². The maximum absolute atomic E-state index is 11.4. The normalized spacial score (nSPS) is 17.0. The molecule has 0 aromatic rings. The summed E-state index contributed by atoms with van der Waals surface area (Å²) < 4.78 is 0. The van der Waals surface area contributed by atoms with Crippen molar-refractivity contribution in [1.29, 1.82) is 10.5 Å². The van der Waals surface area contributed by atoms with Crippen LogP contribution >= 0.6 is 0 Å². The molecule has 0 atom stereocenters. The lowest BCUT2D eigenvalue weighted by Gasteiger charge is -2.20. The zero-order chi connectivity index (χ0) is 11.1. The van der Waals surface area contributed by atoms with E-state index < -0.39 is 5.92 Å². The summed E-state index contributed by atoms with van der Waals surface area (Å²) in [4.78, 5) is 11.4. The van der Waals surface area contributed by atoms with Gasteiger partial charge in [-0.2, -0.15) is 10.5 Å². The van der Waals surface area contributed by atoms with E-state index in [1.807, 2.05) is 0 Å². The van der Waals surface area contributed by atoms with Gasteiger partial charge in [-0.05, 0) is 12.3 Å². The highest BCUT2D eigenvalue weighted by atomic mass is 16.1. The predicted octanol–water partition coefficient (Wildman–Crippen LogP) is 2.58. The molecule has 0 saturated heterocycles. The number of hydrogen-bond donors (Lipinski definition) is 0.